The highest BCUT2D eigenvalue weighted by Crippen LogP contribution is 2.25. The fraction of sp³-hybridized carbons (Fsp3) is 0.417. The Morgan fingerprint density at radius 1 is 1.47 bits per heavy atom. The number of ether oxygens (including phenoxy) is 1. The van der Waals surface area contributed by atoms with E-state index in [9.17, 15) is 14.6 Å². The molecule has 0 radical (unpaired) electrons. The van der Waals surface area contributed by atoms with Crippen LogP contribution < -0.4 is 4.74 Å². The topological polar surface area (TPSA) is 73.5 Å². The molecule has 0 spiro atoms. The molecule has 0 fully saturated rings. The first-order chi connectivity index (χ1) is 8.10. The second-order valence-corrected chi connectivity index (χ2v) is 3.49. The molecule has 2 unspecified atom stereocenters. The van der Waals surface area contributed by atoms with E-state index < -0.39 is 18.0 Å². The van der Waals surface area contributed by atoms with E-state index in [1.54, 1.807) is 13.0 Å². The first-order valence-corrected chi connectivity index (χ1v) is 5.25. The molecule has 1 aromatic carbocycles. The highest BCUT2D eigenvalue weighted by Gasteiger charge is 2.21. The molecule has 2 N–H and O–H groups in total. The summed E-state index contributed by atoms with van der Waals surface area (Å²) in [6, 6.07) is 5.70. The van der Waals surface area contributed by atoms with Crippen LogP contribution in [0, 0.1) is 17.1 Å². The van der Waals surface area contributed by atoms with Crippen LogP contribution in [0.3, 0.4) is 0 Å². The van der Waals surface area contributed by atoms with Crippen LogP contribution in [-0.2, 0) is 0 Å². The van der Waals surface area contributed by atoms with Crippen LogP contribution in [0.4, 0.5) is 4.39 Å². The summed E-state index contributed by atoms with van der Waals surface area (Å²) in [5.41, 5.74) is -0.0452. The van der Waals surface area contributed by atoms with Gasteiger partial charge in [-0.05, 0) is 19.1 Å². The maximum absolute atomic E-state index is 13.6. The quantitative estimate of drug-likeness (QED) is 0.817. The summed E-state index contributed by atoms with van der Waals surface area (Å²) in [5.74, 6) is -0.309. The monoisotopic (exact) mass is 239 g/mol. The van der Waals surface area contributed by atoms with Gasteiger partial charge in [0, 0.05) is 11.6 Å². The molecule has 0 saturated carbocycles. The minimum atomic E-state index is -1.41. The molecule has 0 bridgehead atoms. The second-order valence-electron chi connectivity index (χ2n) is 3.49. The van der Waals surface area contributed by atoms with Gasteiger partial charge in [-0.2, -0.15) is 5.26 Å². The largest absolute Gasteiger partial charge is 0.494 e. The molecular formula is C12H14FNO3. The van der Waals surface area contributed by atoms with Crippen molar-refractivity contribution < 1.29 is 19.3 Å². The maximum atomic E-state index is 13.6. The predicted octanol–water partition coefficient (Wildman–Crippen LogP) is 1.53. The normalized spacial score (nSPS) is 13.8. The van der Waals surface area contributed by atoms with Gasteiger partial charge in [0.25, 0.3) is 0 Å². The van der Waals surface area contributed by atoms with Crippen molar-refractivity contribution in [2.75, 3.05) is 6.61 Å². The minimum Gasteiger partial charge on any atom is -0.494 e. The van der Waals surface area contributed by atoms with E-state index in [4.69, 9.17) is 10.00 Å². The second kappa shape index (κ2) is 6.18. The van der Waals surface area contributed by atoms with Crippen LogP contribution in [-0.4, -0.2) is 22.9 Å². The fourth-order valence-electron chi connectivity index (χ4n) is 1.42. The van der Waals surface area contributed by atoms with E-state index in [1.807, 2.05) is 0 Å². The Morgan fingerprint density at radius 3 is 2.71 bits per heavy atom. The zero-order chi connectivity index (χ0) is 12.8. The van der Waals surface area contributed by atoms with Gasteiger partial charge in [-0.15, -0.1) is 0 Å². The first-order valence-electron chi connectivity index (χ1n) is 5.25. The molecule has 0 aromatic heterocycles. The Labute approximate surface area is 98.9 Å². The Morgan fingerprint density at radius 2 is 2.18 bits per heavy atom. The average molecular weight is 239 g/mol. The molecule has 17 heavy (non-hydrogen) atoms. The van der Waals surface area contributed by atoms with Crippen molar-refractivity contribution in [3.63, 3.8) is 0 Å². The van der Waals surface area contributed by atoms with E-state index in [0.29, 0.717) is 12.4 Å². The van der Waals surface area contributed by atoms with E-state index in [-0.39, 0.29) is 12.0 Å². The molecule has 0 aliphatic rings. The number of hydrogen-bond donors (Lipinski definition) is 2. The number of nitriles is 1. The summed E-state index contributed by atoms with van der Waals surface area (Å²) in [4.78, 5) is 0. The number of hydrogen-bond acceptors (Lipinski definition) is 4. The molecule has 0 amide bonds. The van der Waals surface area contributed by atoms with Crippen molar-refractivity contribution in [2.24, 2.45) is 0 Å². The molecule has 4 nitrogen and oxygen atoms in total. The molecular weight excluding hydrogens is 225 g/mol. The van der Waals surface area contributed by atoms with Gasteiger partial charge >= 0.3 is 0 Å². The third kappa shape index (κ3) is 3.41. The van der Waals surface area contributed by atoms with Gasteiger partial charge in [0.1, 0.15) is 17.7 Å². The smallest absolute Gasteiger partial charge is 0.132 e. The van der Waals surface area contributed by atoms with Gasteiger partial charge in [0.05, 0.1) is 25.2 Å². The van der Waals surface area contributed by atoms with Crippen LogP contribution in [0.2, 0.25) is 0 Å². The lowest BCUT2D eigenvalue weighted by Crippen LogP contribution is -2.18. The average Bonchev–Trinajstić information content (AvgIpc) is 2.29. The summed E-state index contributed by atoms with van der Waals surface area (Å²) in [6.07, 6.45) is -2.97. The number of halogens is 1. The molecule has 0 heterocycles. The Kier molecular flexibility index (Phi) is 4.88. The van der Waals surface area contributed by atoms with Crippen LogP contribution in [0.5, 0.6) is 5.75 Å². The lowest BCUT2D eigenvalue weighted by molar-refractivity contribution is 0.0194. The highest BCUT2D eigenvalue weighted by atomic mass is 19.1. The Balaban J connectivity index is 2.88. The van der Waals surface area contributed by atoms with E-state index in [1.165, 1.54) is 12.1 Å². The molecule has 92 valence electrons. The van der Waals surface area contributed by atoms with Crippen LogP contribution in [0.1, 0.15) is 25.0 Å². The Bertz CT molecular complexity index is 417. The van der Waals surface area contributed by atoms with Crippen LogP contribution >= 0.6 is 0 Å². The SMILES string of the molecule is CCOc1ccc(C(O)C(O)CC#N)c(F)c1. The van der Waals surface area contributed by atoms with Gasteiger partial charge in [0.2, 0.25) is 0 Å². The van der Waals surface area contributed by atoms with Crippen LogP contribution in [0.25, 0.3) is 0 Å². The maximum Gasteiger partial charge on any atom is 0.132 e. The van der Waals surface area contributed by atoms with Gasteiger partial charge in [0.15, 0.2) is 0 Å². The lowest BCUT2D eigenvalue weighted by Gasteiger charge is -2.16. The molecule has 0 aliphatic heterocycles. The summed E-state index contributed by atoms with van der Waals surface area (Å²) < 4.78 is 18.7. The third-order valence-electron chi connectivity index (χ3n) is 2.27. The van der Waals surface area contributed by atoms with Crippen molar-refractivity contribution >= 4 is 0 Å². The third-order valence-corrected chi connectivity index (χ3v) is 2.27. The highest BCUT2D eigenvalue weighted by molar-refractivity contribution is 5.30. The summed E-state index contributed by atoms with van der Waals surface area (Å²) in [7, 11) is 0. The lowest BCUT2D eigenvalue weighted by atomic mass is 10.0. The predicted molar refractivity (Wildman–Crippen MR) is 58.8 cm³/mol. The van der Waals surface area contributed by atoms with Crippen molar-refractivity contribution in [2.45, 2.75) is 25.6 Å². The van der Waals surface area contributed by atoms with Crippen molar-refractivity contribution in [3.05, 3.63) is 29.6 Å². The van der Waals surface area contributed by atoms with Gasteiger partial charge in [-0.25, -0.2) is 4.39 Å². The molecule has 2 atom stereocenters. The van der Waals surface area contributed by atoms with E-state index in [0.717, 1.165) is 6.07 Å². The number of benzene rings is 1. The Hall–Kier alpha value is -1.64. The zero-order valence-electron chi connectivity index (χ0n) is 9.43. The summed E-state index contributed by atoms with van der Waals surface area (Å²) >= 11 is 0. The molecule has 1 aromatic rings. The first kappa shape index (κ1) is 13.4. The molecule has 0 saturated heterocycles. The van der Waals surface area contributed by atoms with Gasteiger partial charge in [-0.1, -0.05) is 0 Å². The van der Waals surface area contributed by atoms with Crippen LogP contribution in [0.15, 0.2) is 18.2 Å². The van der Waals surface area contributed by atoms with Gasteiger partial charge < -0.3 is 14.9 Å². The minimum absolute atomic E-state index is 0.0452. The number of aliphatic hydroxyl groups excluding tert-OH is 2. The van der Waals surface area contributed by atoms with Crippen molar-refractivity contribution in [1.82, 2.24) is 0 Å². The summed E-state index contributed by atoms with van der Waals surface area (Å²) in [5, 5.41) is 27.4. The molecule has 0 aliphatic carbocycles. The molecule has 5 heteroatoms. The van der Waals surface area contributed by atoms with Crippen molar-refractivity contribution in [1.29, 1.82) is 5.26 Å². The molecule has 1 rings (SSSR count). The number of nitrogens with zero attached hydrogens (tertiary/aromatic N) is 1. The standard InChI is InChI=1S/C12H14FNO3/c1-2-17-8-3-4-9(10(13)7-8)12(16)11(15)5-6-14/h3-4,7,11-12,15-16H,2,5H2,1H3. The number of aliphatic hydroxyl groups is 2. The zero-order valence-corrected chi connectivity index (χ0v) is 9.43. The summed E-state index contributed by atoms with van der Waals surface area (Å²) in [6.45, 7) is 2.19. The number of rotatable bonds is 5. The van der Waals surface area contributed by atoms with Gasteiger partial charge in [-0.3, -0.25) is 0 Å². The fourth-order valence-corrected chi connectivity index (χ4v) is 1.42. The van der Waals surface area contributed by atoms with Crippen molar-refractivity contribution in [3.8, 4) is 11.8 Å². The van der Waals surface area contributed by atoms with E-state index in [2.05, 4.69) is 0 Å². The van der Waals surface area contributed by atoms with E-state index >= 15 is 0 Å².